The van der Waals surface area contributed by atoms with Crippen LogP contribution in [-0.2, 0) is 28.6 Å². The van der Waals surface area contributed by atoms with E-state index in [0.29, 0.717) is 57.3 Å². The first kappa shape index (κ1) is 35.6. The SMILES string of the molecule is CC(C)(C)OC(=O)N[C@H]1CCN(C2C(F)CC3C(=O)C(C(=O)CCCN4CCOCC4)=CN4C5CC6C(CC5OC2C34)C(=O)C2CCCCC26)C1. The summed E-state index contributed by atoms with van der Waals surface area (Å²) in [5.41, 5.74) is -0.409. The lowest BCUT2D eigenvalue weighted by Gasteiger charge is -2.61. The summed E-state index contributed by atoms with van der Waals surface area (Å²) in [4.78, 5) is 61.1. The first-order valence-corrected chi connectivity index (χ1v) is 19.9. The number of nitrogens with zero attached hydrogens (tertiary/aromatic N) is 3. The van der Waals surface area contributed by atoms with Crippen molar-refractivity contribution in [3.05, 3.63) is 11.8 Å². The topological polar surface area (TPSA) is 118 Å². The number of Topliss-reactive ketones (excluding diaryl/α,β-unsaturated/α-hetero) is 3. The number of carbonyl (C=O) groups is 4. The molecule has 0 bridgehead atoms. The monoisotopic (exact) mass is 712 g/mol. The fourth-order valence-electron chi connectivity index (χ4n) is 11.4. The van der Waals surface area contributed by atoms with Gasteiger partial charge in [0.25, 0.3) is 0 Å². The number of hydrogen-bond acceptors (Lipinski definition) is 10. The molecule has 0 aromatic heterocycles. The Morgan fingerprint density at radius 3 is 2.53 bits per heavy atom. The zero-order valence-corrected chi connectivity index (χ0v) is 30.6. The molecule has 7 fully saturated rings. The van der Waals surface area contributed by atoms with Gasteiger partial charge in [-0.2, -0.15) is 0 Å². The van der Waals surface area contributed by atoms with E-state index in [1.807, 2.05) is 27.0 Å². The van der Waals surface area contributed by atoms with Crippen molar-refractivity contribution in [3.8, 4) is 0 Å². The van der Waals surface area contributed by atoms with Gasteiger partial charge in [0.1, 0.15) is 17.6 Å². The number of ketones is 3. The quantitative estimate of drug-likeness (QED) is 0.392. The number of ether oxygens (including phenoxy) is 3. The Balaban J connectivity index is 1.06. The van der Waals surface area contributed by atoms with Crippen LogP contribution >= 0.6 is 0 Å². The summed E-state index contributed by atoms with van der Waals surface area (Å²) >= 11 is 0. The van der Waals surface area contributed by atoms with E-state index in [1.165, 1.54) is 0 Å². The smallest absolute Gasteiger partial charge is 0.407 e. The molecule has 11 unspecified atom stereocenters. The van der Waals surface area contributed by atoms with Gasteiger partial charge >= 0.3 is 6.09 Å². The lowest BCUT2D eigenvalue weighted by atomic mass is 9.66. The average molecular weight is 713 g/mol. The lowest BCUT2D eigenvalue weighted by Crippen LogP contribution is -2.73. The van der Waals surface area contributed by atoms with E-state index in [1.54, 1.807) is 0 Å². The number of alkyl carbamates (subject to hydrolysis) is 1. The van der Waals surface area contributed by atoms with Crippen molar-refractivity contribution in [1.82, 2.24) is 20.0 Å². The van der Waals surface area contributed by atoms with Gasteiger partial charge in [-0.1, -0.05) is 12.8 Å². The Labute approximate surface area is 301 Å². The van der Waals surface area contributed by atoms with E-state index in [9.17, 15) is 19.2 Å². The van der Waals surface area contributed by atoms with Crippen LogP contribution in [0.2, 0.25) is 0 Å². The standard InChI is InChI=1S/C39H57FN4O7/c1-39(2,3)51-38(48)41-22-10-12-43(20-22)34-29(40)17-27-33-37(34)50-32-19-26-25(23-7-4-5-8-24(23)35(26)46)18-30(32)44(33)21-28(36(27)47)31(45)9-6-11-42-13-15-49-16-14-42/h21-27,29-30,32-34,37H,4-20H2,1-3H3,(H,41,48)/t22-,23?,24?,25?,26?,27?,29?,30?,32?,33?,34?,37?/m0/s1. The van der Waals surface area contributed by atoms with Crippen molar-refractivity contribution in [1.29, 1.82) is 0 Å². The Bertz CT molecular complexity index is 1410. The van der Waals surface area contributed by atoms with Gasteiger partial charge in [0.05, 0.1) is 49.1 Å². The van der Waals surface area contributed by atoms with Gasteiger partial charge in [0, 0.05) is 62.6 Å². The van der Waals surface area contributed by atoms with Crippen LogP contribution in [-0.4, -0.2) is 132 Å². The predicted molar refractivity (Wildman–Crippen MR) is 185 cm³/mol. The van der Waals surface area contributed by atoms with Crippen molar-refractivity contribution in [2.24, 2.45) is 29.6 Å². The van der Waals surface area contributed by atoms with E-state index >= 15 is 4.39 Å². The van der Waals surface area contributed by atoms with Crippen molar-refractivity contribution in [2.75, 3.05) is 45.9 Å². The second-order valence-corrected chi connectivity index (χ2v) is 17.7. The summed E-state index contributed by atoms with van der Waals surface area (Å²) < 4.78 is 34.7. The van der Waals surface area contributed by atoms with Crippen LogP contribution in [0, 0.1) is 29.6 Å². The third-order valence-electron chi connectivity index (χ3n) is 13.6. The average Bonchev–Trinajstić information content (AvgIpc) is 3.66. The zero-order valence-electron chi connectivity index (χ0n) is 30.6. The van der Waals surface area contributed by atoms with Crippen LogP contribution in [0.4, 0.5) is 9.18 Å². The maximum absolute atomic E-state index is 16.7. The minimum atomic E-state index is -1.35. The fraction of sp³-hybridized carbons (Fsp3) is 0.846. The second-order valence-electron chi connectivity index (χ2n) is 17.7. The molecule has 1 N–H and O–H groups in total. The molecule has 282 valence electrons. The van der Waals surface area contributed by atoms with E-state index in [0.717, 1.165) is 51.7 Å². The molecule has 3 saturated heterocycles. The zero-order chi connectivity index (χ0) is 35.6. The van der Waals surface area contributed by atoms with Crippen molar-refractivity contribution < 1.29 is 37.8 Å². The maximum Gasteiger partial charge on any atom is 0.407 e. The molecule has 0 aromatic carbocycles. The van der Waals surface area contributed by atoms with Crippen LogP contribution < -0.4 is 5.32 Å². The van der Waals surface area contributed by atoms with Gasteiger partial charge in [-0.15, -0.1) is 0 Å². The maximum atomic E-state index is 16.7. The minimum absolute atomic E-state index is 0.0379. The largest absolute Gasteiger partial charge is 0.444 e. The van der Waals surface area contributed by atoms with Crippen LogP contribution in [0.25, 0.3) is 0 Å². The highest BCUT2D eigenvalue weighted by Crippen LogP contribution is 2.56. The molecule has 0 aromatic rings. The van der Waals surface area contributed by atoms with E-state index < -0.39 is 35.9 Å². The van der Waals surface area contributed by atoms with E-state index in [4.69, 9.17) is 14.2 Å². The molecule has 12 atom stereocenters. The Morgan fingerprint density at radius 1 is 0.961 bits per heavy atom. The number of carbonyl (C=O) groups excluding carboxylic acids is 4. The van der Waals surface area contributed by atoms with Gasteiger partial charge in [0.15, 0.2) is 11.6 Å². The van der Waals surface area contributed by atoms with Crippen LogP contribution in [0.5, 0.6) is 0 Å². The summed E-state index contributed by atoms with van der Waals surface area (Å²) in [6.07, 6.45) is 6.50. The number of fused-ring (bicyclic) bond motifs is 5. The van der Waals surface area contributed by atoms with E-state index in [-0.39, 0.29) is 72.0 Å². The summed E-state index contributed by atoms with van der Waals surface area (Å²) in [5, 5.41) is 2.97. The van der Waals surface area contributed by atoms with Crippen LogP contribution in [0.15, 0.2) is 11.8 Å². The third kappa shape index (κ3) is 6.80. The molecule has 0 spiro atoms. The van der Waals surface area contributed by atoms with E-state index in [2.05, 4.69) is 20.0 Å². The molecule has 12 heteroatoms. The molecular formula is C39H57FN4O7. The summed E-state index contributed by atoms with van der Waals surface area (Å²) in [6, 6.07) is -1.24. The third-order valence-corrected chi connectivity index (χ3v) is 13.6. The van der Waals surface area contributed by atoms with Gasteiger partial charge in [-0.25, -0.2) is 9.18 Å². The number of hydrogen-bond donors (Lipinski definition) is 1. The number of halogens is 1. The molecule has 51 heavy (non-hydrogen) atoms. The Morgan fingerprint density at radius 2 is 1.75 bits per heavy atom. The fourth-order valence-corrected chi connectivity index (χ4v) is 11.4. The first-order chi connectivity index (χ1) is 24.5. The Kier molecular flexibility index (Phi) is 9.85. The molecule has 1 amide bonds. The molecule has 8 aliphatic rings. The normalized spacial score (nSPS) is 41.3. The summed E-state index contributed by atoms with van der Waals surface area (Å²) in [5.74, 6) is 0.0955. The lowest BCUT2D eigenvalue weighted by molar-refractivity contribution is -0.217. The Hall–Kier alpha value is -2.41. The highest BCUT2D eigenvalue weighted by molar-refractivity contribution is 6.21. The molecule has 4 heterocycles. The van der Waals surface area contributed by atoms with Gasteiger partial charge in [-0.05, 0) is 84.1 Å². The molecular weight excluding hydrogens is 655 g/mol. The molecule has 4 aliphatic carbocycles. The number of alkyl halides is 1. The van der Waals surface area contributed by atoms with Crippen molar-refractivity contribution in [3.63, 3.8) is 0 Å². The first-order valence-electron chi connectivity index (χ1n) is 19.9. The van der Waals surface area contributed by atoms with Crippen LogP contribution in [0.3, 0.4) is 0 Å². The highest BCUT2D eigenvalue weighted by atomic mass is 19.1. The number of rotatable bonds is 7. The molecule has 0 radical (unpaired) electrons. The second kappa shape index (κ2) is 14.1. The van der Waals surface area contributed by atoms with Gasteiger partial charge in [0.2, 0.25) is 0 Å². The van der Waals surface area contributed by atoms with Crippen molar-refractivity contribution in [2.45, 2.75) is 133 Å². The minimum Gasteiger partial charge on any atom is -0.444 e. The van der Waals surface area contributed by atoms with Gasteiger partial charge < -0.3 is 24.4 Å². The number of amides is 1. The number of morpholine rings is 2. The van der Waals surface area contributed by atoms with Crippen LogP contribution in [0.1, 0.15) is 85.0 Å². The van der Waals surface area contributed by atoms with Gasteiger partial charge in [-0.3, -0.25) is 24.2 Å². The molecule has 4 aliphatic heterocycles. The molecule has 11 nitrogen and oxygen atoms in total. The summed E-state index contributed by atoms with van der Waals surface area (Å²) in [6.45, 7) is 10.4. The number of allylic oxidation sites excluding steroid dienone is 1. The summed E-state index contributed by atoms with van der Waals surface area (Å²) in [7, 11) is 0. The molecule has 4 saturated carbocycles. The highest BCUT2D eigenvalue weighted by Gasteiger charge is 2.63. The number of nitrogens with one attached hydrogen (secondary N) is 1. The predicted octanol–water partition coefficient (Wildman–Crippen LogP) is 3.68. The number of likely N-dealkylation sites (tertiary alicyclic amines) is 1. The van der Waals surface area contributed by atoms with Crippen molar-refractivity contribution >= 4 is 23.4 Å². The molecule has 8 rings (SSSR count).